The van der Waals surface area contributed by atoms with Crippen LogP contribution < -0.4 is 0 Å². The highest BCUT2D eigenvalue weighted by Gasteiger charge is 2.34. The molecule has 0 radical (unpaired) electrons. The van der Waals surface area contributed by atoms with Crippen LogP contribution in [0.3, 0.4) is 0 Å². The Hall–Kier alpha value is -1.73. The van der Waals surface area contributed by atoms with Gasteiger partial charge in [0.2, 0.25) is 0 Å². The highest BCUT2D eigenvalue weighted by Crippen LogP contribution is 2.38. The van der Waals surface area contributed by atoms with Gasteiger partial charge in [0.15, 0.2) is 0 Å². The van der Waals surface area contributed by atoms with Gasteiger partial charge in [-0.15, -0.1) is 0 Å². The Kier molecular flexibility index (Phi) is 5.80. The van der Waals surface area contributed by atoms with Gasteiger partial charge >= 0.3 is 0 Å². The van der Waals surface area contributed by atoms with Crippen molar-refractivity contribution in [2.75, 3.05) is 0 Å². The number of hydrogen-bond acceptors (Lipinski definition) is 4. The minimum absolute atomic E-state index is 0.139. The van der Waals surface area contributed by atoms with Crippen LogP contribution in [0.1, 0.15) is 75.0 Å². The molecule has 6 nitrogen and oxygen atoms in total. The third-order valence-corrected chi connectivity index (χ3v) is 7.07. The third-order valence-electron chi connectivity index (χ3n) is 7.07. The number of aromatic nitrogens is 4. The maximum atomic E-state index is 12.9. The smallest absolute Gasteiger partial charge is 0.133 e. The van der Waals surface area contributed by atoms with Crippen molar-refractivity contribution in [2.24, 2.45) is 23.7 Å². The molecule has 0 spiro atoms. The van der Waals surface area contributed by atoms with Gasteiger partial charge in [-0.2, -0.15) is 10.2 Å². The van der Waals surface area contributed by atoms with Crippen molar-refractivity contribution < 1.29 is 14.6 Å². The van der Waals surface area contributed by atoms with Crippen molar-refractivity contribution in [2.45, 2.75) is 78.4 Å². The number of aliphatic hydroxyl groups is 2. The first-order valence-corrected chi connectivity index (χ1v) is 10.9. The van der Waals surface area contributed by atoms with Crippen LogP contribution in [0.5, 0.6) is 0 Å². The average molecular weight is 405 g/mol. The van der Waals surface area contributed by atoms with Crippen molar-refractivity contribution in [3.63, 3.8) is 0 Å². The minimum atomic E-state index is -0.602. The molecule has 0 saturated heterocycles. The van der Waals surface area contributed by atoms with Crippen LogP contribution in [0.2, 0.25) is 0 Å². The van der Waals surface area contributed by atoms with Gasteiger partial charge in [0.25, 0.3) is 0 Å². The van der Waals surface area contributed by atoms with Gasteiger partial charge < -0.3 is 10.2 Å². The molecule has 2 aromatic heterocycles. The second-order valence-electron chi connectivity index (χ2n) is 9.26. The van der Waals surface area contributed by atoms with E-state index in [1.165, 1.54) is 0 Å². The predicted octanol–water partition coefficient (Wildman–Crippen LogP) is 3.58. The fourth-order valence-electron chi connectivity index (χ4n) is 5.18. The summed E-state index contributed by atoms with van der Waals surface area (Å²) >= 11 is 0. The zero-order valence-corrected chi connectivity index (χ0v) is 17.6. The lowest BCUT2D eigenvalue weighted by Gasteiger charge is -2.33. The van der Waals surface area contributed by atoms with E-state index in [2.05, 4.69) is 31.9 Å². The Morgan fingerprint density at radius 2 is 1.52 bits per heavy atom. The van der Waals surface area contributed by atoms with E-state index in [0.29, 0.717) is 23.4 Å². The van der Waals surface area contributed by atoms with Crippen LogP contribution in [-0.4, -0.2) is 29.8 Å². The molecule has 4 heterocycles. The molecule has 7 heteroatoms. The Bertz CT molecular complexity index is 846. The first kappa shape index (κ1) is 20.5. The maximum absolute atomic E-state index is 12.9. The number of halogens is 1. The quantitative estimate of drug-likeness (QED) is 0.772. The molecule has 2 aliphatic heterocycles. The summed E-state index contributed by atoms with van der Waals surface area (Å²) in [6.45, 7) is 7.51. The van der Waals surface area contributed by atoms with Gasteiger partial charge in [-0.25, -0.2) is 4.39 Å². The molecule has 0 saturated carbocycles. The first-order valence-electron chi connectivity index (χ1n) is 10.9. The number of rotatable bonds is 6. The van der Waals surface area contributed by atoms with Crippen molar-refractivity contribution in [3.8, 4) is 0 Å². The molecule has 0 aromatic carbocycles. The molecule has 2 aromatic rings. The number of hydrogen-bond donors (Lipinski definition) is 2. The number of fused-ring (bicyclic) bond motifs is 2. The molecule has 5 unspecified atom stereocenters. The Morgan fingerprint density at radius 3 is 2.14 bits per heavy atom. The lowest BCUT2D eigenvalue weighted by Crippen LogP contribution is -2.29. The normalized spacial score (nSPS) is 27.7. The second kappa shape index (κ2) is 8.19. The third kappa shape index (κ3) is 3.87. The molecule has 5 atom stereocenters. The Balaban J connectivity index is 1.39. The van der Waals surface area contributed by atoms with E-state index in [9.17, 15) is 14.6 Å². The molecule has 0 amide bonds. The fraction of sp³-hybridized carbons (Fsp3) is 0.727. The van der Waals surface area contributed by atoms with E-state index < -0.39 is 18.9 Å². The Morgan fingerprint density at radius 1 is 0.966 bits per heavy atom. The lowest BCUT2D eigenvalue weighted by molar-refractivity contribution is 0.0407. The Labute approximate surface area is 171 Å². The standard InChI is InChI=1S/C22H33FN4O2/c1-13(2)17-6-8-26-19(21(17)28)10-15(24-26)5-4-14(3)18-7-9-27-20(22(18)29)11-16(12-23)25-27/h10-11,13-14,17-18,21-22,28-29H,4-9,12H2,1-3H3. The number of aryl methyl sites for hydroxylation is 3. The van der Waals surface area contributed by atoms with Gasteiger partial charge in [-0.05, 0) is 61.5 Å². The molecule has 160 valence electrons. The van der Waals surface area contributed by atoms with Crippen molar-refractivity contribution in [3.05, 3.63) is 34.9 Å². The number of alkyl halides is 1. The van der Waals surface area contributed by atoms with E-state index in [-0.39, 0.29) is 5.92 Å². The molecular weight excluding hydrogens is 371 g/mol. The summed E-state index contributed by atoms with van der Waals surface area (Å²) in [4.78, 5) is 0. The fourth-order valence-corrected chi connectivity index (χ4v) is 5.18. The van der Waals surface area contributed by atoms with E-state index in [1.54, 1.807) is 10.7 Å². The van der Waals surface area contributed by atoms with Gasteiger partial charge in [0.1, 0.15) is 6.67 Å². The summed E-state index contributed by atoms with van der Waals surface area (Å²) in [5.41, 5.74) is 3.10. The highest BCUT2D eigenvalue weighted by molar-refractivity contribution is 5.17. The zero-order chi connectivity index (χ0) is 20.7. The van der Waals surface area contributed by atoms with Crippen molar-refractivity contribution in [1.29, 1.82) is 0 Å². The van der Waals surface area contributed by atoms with Crippen LogP contribution in [0, 0.1) is 23.7 Å². The zero-order valence-electron chi connectivity index (χ0n) is 17.6. The largest absolute Gasteiger partial charge is 0.387 e. The summed E-state index contributed by atoms with van der Waals surface area (Å²) < 4.78 is 16.6. The average Bonchev–Trinajstić information content (AvgIpc) is 3.31. The molecule has 4 rings (SSSR count). The van der Waals surface area contributed by atoms with Crippen molar-refractivity contribution in [1.82, 2.24) is 19.6 Å². The van der Waals surface area contributed by atoms with E-state index in [1.807, 2.05) is 4.68 Å². The summed E-state index contributed by atoms with van der Waals surface area (Å²) in [6.07, 6.45) is 2.52. The monoisotopic (exact) mass is 404 g/mol. The van der Waals surface area contributed by atoms with Crippen LogP contribution >= 0.6 is 0 Å². The second-order valence-corrected chi connectivity index (χ2v) is 9.26. The van der Waals surface area contributed by atoms with Crippen LogP contribution in [0.15, 0.2) is 12.1 Å². The van der Waals surface area contributed by atoms with Gasteiger partial charge in [0, 0.05) is 13.1 Å². The molecular formula is C22H33FN4O2. The summed E-state index contributed by atoms with van der Waals surface area (Å²) in [5, 5.41) is 30.5. The van der Waals surface area contributed by atoms with E-state index >= 15 is 0 Å². The maximum Gasteiger partial charge on any atom is 0.133 e. The predicted molar refractivity (Wildman–Crippen MR) is 108 cm³/mol. The lowest BCUT2D eigenvalue weighted by atomic mass is 9.80. The SMILES string of the molecule is CC(C)C1CCn2nc(CCC(C)C3CCn4nc(CF)cc4C3O)cc2C1O. The van der Waals surface area contributed by atoms with Gasteiger partial charge in [-0.1, -0.05) is 20.8 Å². The number of aliphatic hydroxyl groups excluding tert-OH is 2. The van der Waals surface area contributed by atoms with Gasteiger partial charge in [0.05, 0.1) is 35.0 Å². The molecule has 2 aliphatic rings. The molecule has 29 heavy (non-hydrogen) atoms. The van der Waals surface area contributed by atoms with E-state index in [0.717, 1.165) is 55.9 Å². The van der Waals surface area contributed by atoms with Crippen LogP contribution in [0.4, 0.5) is 4.39 Å². The summed E-state index contributed by atoms with van der Waals surface area (Å²) in [5.74, 6) is 1.20. The molecule has 0 bridgehead atoms. The highest BCUT2D eigenvalue weighted by atomic mass is 19.1. The topological polar surface area (TPSA) is 76.1 Å². The molecule has 0 fully saturated rings. The van der Waals surface area contributed by atoms with Gasteiger partial charge in [-0.3, -0.25) is 9.36 Å². The van der Waals surface area contributed by atoms with Crippen LogP contribution in [0.25, 0.3) is 0 Å². The van der Waals surface area contributed by atoms with E-state index in [4.69, 9.17) is 5.10 Å². The minimum Gasteiger partial charge on any atom is -0.387 e. The number of nitrogens with zero attached hydrogens (tertiary/aromatic N) is 4. The molecule has 0 aliphatic carbocycles. The van der Waals surface area contributed by atoms with Crippen LogP contribution in [-0.2, 0) is 26.2 Å². The summed E-state index contributed by atoms with van der Waals surface area (Å²) in [7, 11) is 0. The first-order chi connectivity index (χ1) is 13.9. The van der Waals surface area contributed by atoms with Crippen molar-refractivity contribution >= 4 is 0 Å². The summed E-state index contributed by atoms with van der Waals surface area (Å²) in [6, 6.07) is 3.76. The molecule has 2 N–H and O–H groups in total.